The lowest BCUT2D eigenvalue weighted by Gasteiger charge is -2.27. The molecule has 0 radical (unpaired) electrons. The number of ether oxygens (including phenoxy) is 1. The molecule has 1 aromatic rings. The Morgan fingerprint density at radius 2 is 1.90 bits per heavy atom. The second kappa shape index (κ2) is 6.69. The third kappa shape index (κ3) is 4.04. The van der Waals surface area contributed by atoms with Crippen LogP contribution in [0, 0.1) is 0 Å². The third-order valence-corrected chi connectivity index (χ3v) is 5.01. The van der Waals surface area contributed by atoms with Gasteiger partial charge in [-0.1, -0.05) is 29.3 Å². The fourth-order valence-electron chi connectivity index (χ4n) is 1.89. The summed E-state index contributed by atoms with van der Waals surface area (Å²) in [4.78, 5) is 11.9. The van der Waals surface area contributed by atoms with Crippen molar-refractivity contribution in [3.8, 4) is 0 Å². The van der Waals surface area contributed by atoms with Crippen molar-refractivity contribution in [2.45, 2.75) is 37.1 Å². The van der Waals surface area contributed by atoms with Gasteiger partial charge in [-0.3, -0.25) is 4.79 Å². The summed E-state index contributed by atoms with van der Waals surface area (Å²) in [5.74, 6) is -0.597. The maximum Gasteiger partial charge on any atom is 0.326 e. The first kappa shape index (κ1) is 17.1. The van der Waals surface area contributed by atoms with Crippen molar-refractivity contribution >= 4 is 31.9 Å². The van der Waals surface area contributed by atoms with E-state index < -0.39 is 21.5 Å². The molecule has 0 heterocycles. The molecule has 0 spiro atoms. The van der Waals surface area contributed by atoms with Crippen LogP contribution < -0.4 is 4.72 Å². The predicted molar refractivity (Wildman–Crippen MR) is 79.8 cm³/mol. The zero-order chi connectivity index (χ0) is 15.4. The minimum absolute atomic E-state index is 0.104. The molecule has 1 rings (SSSR count). The standard InChI is InChI=1S/C13H18BrNO4S/c1-4-9-13(2,12(16)19-3)15-20(17,18)11-7-5-10(14)6-8-11/h5-8,15H,4,9H2,1-3H3/t13-/m1/s1. The Labute approximate surface area is 127 Å². The fourth-order valence-corrected chi connectivity index (χ4v) is 3.54. The van der Waals surface area contributed by atoms with Gasteiger partial charge in [0.15, 0.2) is 0 Å². The Morgan fingerprint density at radius 3 is 2.35 bits per heavy atom. The topological polar surface area (TPSA) is 72.5 Å². The van der Waals surface area contributed by atoms with E-state index in [0.29, 0.717) is 12.8 Å². The number of hydrogen-bond acceptors (Lipinski definition) is 4. The van der Waals surface area contributed by atoms with Gasteiger partial charge in [-0.05, 0) is 37.6 Å². The Bertz CT molecular complexity index is 571. The minimum atomic E-state index is -3.78. The van der Waals surface area contributed by atoms with Crippen molar-refractivity contribution in [1.29, 1.82) is 0 Å². The van der Waals surface area contributed by atoms with E-state index in [-0.39, 0.29) is 4.90 Å². The highest BCUT2D eigenvalue weighted by Gasteiger charge is 2.38. The van der Waals surface area contributed by atoms with E-state index in [1.54, 1.807) is 12.1 Å². The van der Waals surface area contributed by atoms with Crippen molar-refractivity contribution in [2.75, 3.05) is 7.11 Å². The Morgan fingerprint density at radius 1 is 1.35 bits per heavy atom. The van der Waals surface area contributed by atoms with E-state index in [2.05, 4.69) is 20.7 Å². The molecule has 1 atom stereocenters. The number of carbonyl (C=O) groups excluding carboxylic acids is 1. The molecule has 5 nitrogen and oxygen atoms in total. The number of halogens is 1. The normalized spacial score (nSPS) is 14.6. The van der Waals surface area contributed by atoms with Crippen molar-refractivity contribution < 1.29 is 17.9 Å². The first-order chi connectivity index (χ1) is 9.25. The summed E-state index contributed by atoms with van der Waals surface area (Å²) >= 11 is 3.24. The Hall–Kier alpha value is -0.920. The average Bonchev–Trinajstić information content (AvgIpc) is 2.37. The van der Waals surface area contributed by atoms with E-state index in [1.165, 1.54) is 26.2 Å². The zero-order valence-corrected chi connectivity index (χ0v) is 14.0. The predicted octanol–water partition coefficient (Wildman–Crippen LogP) is 2.46. The first-order valence-electron chi connectivity index (χ1n) is 6.13. The number of benzene rings is 1. The smallest absolute Gasteiger partial charge is 0.326 e. The highest BCUT2D eigenvalue weighted by molar-refractivity contribution is 9.10. The fraction of sp³-hybridized carbons (Fsp3) is 0.462. The molecule has 20 heavy (non-hydrogen) atoms. The van der Waals surface area contributed by atoms with Crippen molar-refractivity contribution in [1.82, 2.24) is 4.72 Å². The minimum Gasteiger partial charge on any atom is -0.468 e. The van der Waals surface area contributed by atoms with Gasteiger partial charge in [0, 0.05) is 4.47 Å². The summed E-state index contributed by atoms with van der Waals surface area (Å²) in [5.41, 5.74) is -1.27. The van der Waals surface area contributed by atoms with Crippen LogP contribution in [0.4, 0.5) is 0 Å². The lowest BCUT2D eigenvalue weighted by atomic mass is 9.98. The maximum atomic E-state index is 12.3. The van der Waals surface area contributed by atoms with Crippen LogP contribution in [0.1, 0.15) is 26.7 Å². The number of sulfonamides is 1. The SMILES string of the molecule is CCC[C@@](C)(NS(=O)(=O)c1ccc(Br)cc1)C(=O)OC. The molecule has 0 saturated heterocycles. The number of methoxy groups -OCH3 is 1. The summed E-state index contributed by atoms with van der Waals surface area (Å²) in [6.07, 6.45) is 1.00. The molecule has 7 heteroatoms. The van der Waals surface area contributed by atoms with Crippen LogP contribution in [-0.2, 0) is 19.6 Å². The average molecular weight is 364 g/mol. The highest BCUT2D eigenvalue weighted by Crippen LogP contribution is 2.20. The summed E-state index contributed by atoms with van der Waals surface area (Å²) in [6, 6.07) is 6.19. The quantitative estimate of drug-likeness (QED) is 0.787. The maximum absolute atomic E-state index is 12.3. The number of rotatable bonds is 6. The summed E-state index contributed by atoms with van der Waals surface area (Å²) < 4.78 is 32.6. The van der Waals surface area contributed by atoms with E-state index in [1.807, 2.05) is 6.92 Å². The lowest BCUT2D eigenvalue weighted by Crippen LogP contribution is -2.52. The molecule has 1 N–H and O–H groups in total. The van der Waals surface area contributed by atoms with Crippen LogP contribution >= 0.6 is 15.9 Å². The summed E-state index contributed by atoms with van der Waals surface area (Å²) in [7, 11) is -2.54. The molecular formula is C13H18BrNO4S. The van der Waals surface area contributed by atoms with Gasteiger partial charge < -0.3 is 4.74 Å². The van der Waals surface area contributed by atoms with Gasteiger partial charge in [0.05, 0.1) is 12.0 Å². The Balaban J connectivity index is 3.09. The van der Waals surface area contributed by atoms with Gasteiger partial charge in [0.1, 0.15) is 5.54 Å². The van der Waals surface area contributed by atoms with Crippen LogP contribution in [0.5, 0.6) is 0 Å². The monoisotopic (exact) mass is 363 g/mol. The van der Waals surface area contributed by atoms with Crippen LogP contribution in [0.25, 0.3) is 0 Å². The molecule has 0 aliphatic carbocycles. The molecule has 0 bridgehead atoms. The molecule has 0 saturated carbocycles. The van der Waals surface area contributed by atoms with E-state index in [9.17, 15) is 13.2 Å². The molecule has 1 aromatic carbocycles. The molecule has 0 aliphatic heterocycles. The van der Waals surface area contributed by atoms with Crippen LogP contribution in [-0.4, -0.2) is 27.0 Å². The second-order valence-electron chi connectivity index (χ2n) is 4.63. The lowest BCUT2D eigenvalue weighted by molar-refractivity contribution is -0.147. The zero-order valence-electron chi connectivity index (χ0n) is 11.6. The van der Waals surface area contributed by atoms with Gasteiger partial charge in [-0.15, -0.1) is 0 Å². The molecule has 112 valence electrons. The van der Waals surface area contributed by atoms with Gasteiger partial charge in [-0.25, -0.2) is 8.42 Å². The molecule has 0 unspecified atom stereocenters. The van der Waals surface area contributed by atoms with E-state index >= 15 is 0 Å². The molecule has 0 fully saturated rings. The van der Waals surface area contributed by atoms with Crippen LogP contribution in [0.2, 0.25) is 0 Å². The van der Waals surface area contributed by atoms with Gasteiger partial charge in [-0.2, -0.15) is 4.72 Å². The number of nitrogens with one attached hydrogen (secondary N) is 1. The number of hydrogen-bond donors (Lipinski definition) is 1. The van der Waals surface area contributed by atoms with Crippen molar-refractivity contribution in [3.63, 3.8) is 0 Å². The van der Waals surface area contributed by atoms with Crippen LogP contribution in [0.15, 0.2) is 33.6 Å². The van der Waals surface area contributed by atoms with E-state index in [4.69, 9.17) is 4.74 Å². The van der Waals surface area contributed by atoms with E-state index in [0.717, 1.165) is 4.47 Å². The van der Waals surface area contributed by atoms with Gasteiger partial charge in [0.2, 0.25) is 10.0 Å². The van der Waals surface area contributed by atoms with Crippen molar-refractivity contribution in [3.05, 3.63) is 28.7 Å². The van der Waals surface area contributed by atoms with Gasteiger partial charge >= 0.3 is 5.97 Å². The summed E-state index contributed by atoms with van der Waals surface area (Å²) in [6.45, 7) is 3.40. The van der Waals surface area contributed by atoms with Crippen LogP contribution in [0.3, 0.4) is 0 Å². The summed E-state index contributed by atoms with van der Waals surface area (Å²) in [5, 5.41) is 0. The first-order valence-corrected chi connectivity index (χ1v) is 8.41. The molecule has 0 aromatic heterocycles. The number of carbonyl (C=O) groups is 1. The third-order valence-electron chi connectivity index (χ3n) is 2.87. The Kier molecular flexibility index (Phi) is 5.73. The van der Waals surface area contributed by atoms with Crippen molar-refractivity contribution in [2.24, 2.45) is 0 Å². The molecule has 0 aliphatic rings. The highest BCUT2D eigenvalue weighted by atomic mass is 79.9. The van der Waals surface area contributed by atoms with Gasteiger partial charge in [0.25, 0.3) is 0 Å². The molecular weight excluding hydrogens is 346 g/mol. The largest absolute Gasteiger partial charge is 0.468 e. The molecule has 0 amide bonds. The number of esters is 1. The second-order valence-corrected chi connectivity index (χ2v) is 7.23.